The van der Waals surface area contributed by atoms with E-state index in [1.165, 1.54) is 0 Å². The van der Waals surface area contributed by atoms with Gasteiger partial charge in [-0.3, -0.25) is 0 Å². The van der Waals surface area contributed by atoms with Gasteiger partial charge in [-0.25, -0.2) is 9.59 Å². The van der Waals surface area contributed by atoms with Crippen LogP contribution in [0.1, 0.15) is 61.3 Å². The van der Waals surface area contributed by atoms with E-state index in [0.29, 0.717) is 23.0 Å². The number of hydrogen-bond acceptors (Lipinski definition) is 4. The van der Waals surface area contributed by atoms with Gasteiger partial charge in [0.1, 0.15) is 13.2 Å². The zero-order valence-corrected chi connectivity index (χ0v) is 24.0. The molecule has 3 aromatic rings. The van der Waals surface area contributed by atoms with Gasteiger partial charge in [0, 0.05) is 0 Å². The van der Waals surface area contributed by atoms with Crippen LogP contribution in [0.4, 0.5) is 0 Å². The van der Waals surface area contributed by atoms with Crippen molar-refractivity contribution < 1.29 is 19.1 Å². The average molecular weight is 556 g/mol. The van der Waals surface area contributed by atoms with Gasteiger partial charge in [0.2, 0.25) is 0 Å². The number of halogens is 2. The van der Waals surface area contributed by atoms with Crippen LogP contribution in [-0.2, 0) is 9.47 Å². The summed E-state index contributed by atoms with van der Waals surface area (Å²) in [7, 11) is 0. The molecule has 3 aromatic carbocycles. The third-order valence-corrected chi connectivity index (χ3v) is 6.65. The SMILES string of the molecule is CC(C)C[C@@H](Cl)COC(=O)c1ccc(-c2ccc(-c3ccc(C(=O)OC[C@H](Cl)CC(C)C)cc3)cc2)cc1. The van der Waals surface area contributed by atoms with Crippen LogP contribution in [0.3, 0.4) is 0 Å². The Balaban J connectivity index is 1.57. The molecule has 0 aliphatic rings. The molecule has 0 saturated heterocycles. The molecule has 4 nitrogen and oxygen atoms in total. The van der Waals surface area contributed by atoms with Crippen LogP contribution in [0.2, 0.25) is 0 Å². The average Bonchev–Trinajstić information content (AvgIpc) is 2.90. The Hall–Kier alpha value is -2.82. The summed E-state index contributed by atoms with van der Waals surface area (Å²) in [6, 6.07) is 22.8. The Morgan fingerprint density at radius 3 is 1.08 bits per heavy atom. The Morgan fingerprint density at radius 2 is 0.816 bits per heavy atom. The standard InChI is InChI=1S/C32H36Cl2O4/c1-21(2)17-29(33)19-37-31(35)27-13-9-25(10-14-27)23-5-7-24(8-6-23)26-11-15-28(16-12-26)32(36)38-20-30(34)18-22(3)4/h5-16,21-22,29-30H,17-20H2,1-4H3/t29-,30-/m1/s1. The van der Waals surface area contributed by atoms with Gasteiger partial charge in [-0.15, -0.1) is 23.2 Å². The van der Waals surface area contributed by atoms with Gasteiger partial charge in [0.25, 0.3) is 0 Å². The van der Waals surface area contributed by atoms with E-state index < -0.39 is 0 Å². The molecule has 0 saturated carbocycles. The number of alkyl halides is 2. The number of benzene rings is 3. The van der Waals surface area contributed by atoms with Crippen LogP contribution in [-0.4, -0.2) is 35.9 Å². The molecule has 0 fully saturated rings. The number of esters is 2. The molecule has 2 atom stereocenters. The third kappa shape index (κ3) is 9.18. The molecule has 0 heterocycles. The summed E-state index contributed by atoms with van der Waals surface area (Å²) in [5.41, 5.74) is 5.05. The van der Waals surface area contributed by atoms with Gasteiger partial charge < -0.3 is 9.47 Å². The maximum atomic E-state index is 12.3. The van der Waals surface area contributed by atoms with E-state index in [-0.39, 0.29) is 35.9 Å². The second kappa shape index (κ2) is 14.4. The van der Waals surface area contributed by atoms with Gasteiger partial charge >= 0.3 is 11.9 Å². The van der Waals surface area contributed by atoms with Crippen molar-refractivity contribution in [2.24, 2.45) is 11.8 Å². The number of rotatable bonds is 12. The first-order valence-electron chi connectivity index (χ1n) is 13.1. The maximum Gasteiger partial charge on any atom is 0.338 e. The minimum Gasteiger partial charge on any atom is -0.461 e. The normalized spacial score (nSPS) is 12.8. The van der Waals surface area contributed by atoms with Crippen molar-refractivity contribution in [1.82, 2.24) is 0 Å². The van der Waals surface area contributed by atoms with Crippen molar-refractivity contribution in [2.45, 2.75) is 51.3 Å². The molecule has 0 unspecified atom stereocenters. The molecule has 6 heteroatoms. The molecule has 0 bridgehead atoms. The van der Waals surface area contributed by atoms with Crippen LogP contribution in [0.25, 0.3) is 22.3 Å². The predicted molar refractivity (Wildman–Crippen MR) is 156 cm³/mol. The molecule has 202 valence electrons. The lowest BCUT2D eigenvalue weighted by molar-refractivity contribution is 0.0490. The first kappa shape index (κ1) is 29.7. The first-order valence-corrected chi connectivity index (χ1v) is 13.9. The van der Waals surface area contributed by atoms with E-state index in [0.717, 1.165) is 35.1 Å². The first-order chi connectivity index (χ1) is 18.1. The van der Waals surface area contributed by atoms with Gasteiger partial charge in [0.05, 0.1) is 21.9 Å². The Bertz CT molecular complexity index is 1080. The minimum absolute atomic E-state index is 0.181. The number of ether oxygens (including phenoxy) is 2. The lowest BCUT2D eigenvalue weighted by atomic mass is 9.99. The molecule has 0 radical (unpaired) electrons. The summed E-state index contributed by atoms with van der Waals surface area (Å²) in [6.07, 6.45) is 1.60. The lowest BCUT2D eigenvalue weighted by Gasteiger charge is -2.13. The largest absolute Gasteiger partial charge is 0.461 e. The molecule has 0 N–H and O–H groups in total. The van der Waals surface area contributed by atoms with Crippen molar-refractivity contribution in [3.63, 3.8) is 0 Å². The second-order valence-corrected chi connectivity index (χ2v) is 11.6. The third-order valence-electron chi connectivity index (χ3n) is 6.04. The fraction of sp³-hybridized carbons (Fsp3) is 0.375. The summed E-state index contributed by atoms with van der Waals surface area (Å²) < 4.78 is 10.7. The molecule has 0 aliphatic carbocycles. The summed E-state index contributed by atoms with van der Waals surface area (Å²) in [4.78, 5) is 24.7. The number of carbonyl (C=O) groups is 2. The number of hydrogen-bond donors (Lipinski definition) is 0. The zero-order chi connectivity index (χ0) is 27.7. The zero-order valence-electron chi connectivity index (χ0n) is 22.5. The fourth-order valence-electron chi connectivity index (χ4n) is 4.11. The van der Waals surface area contributed by atoms with Crippen molar-refractivity contribution in [3.05, 3.63) is 83.9 Å². The molecule has 0 amide bonds. The minimum atomic E-state index is -0.369. The number of carbonyl (C=O) groups excluding carboxylic acids is 2. The topological polar surface area (TPSA) is 52.6 Å². The quantitative estimate of drug-likeness (QED) is 0.166. The summed E-state index contributed by atoms with van der Waals surface area (Å²) in [5, 5.41) is -0.361. The highest BCUT2D eigenvalue weighted by atomic mass is 35.5. The van der Waals surface area contributed by atoms with Gasteiger partial charge in [0.15, 0.2) is 0 Å². The van der Waals surface area contributed by atoms with Crippen molar-refractivity contribution in [1.29, 1.82) is 0 Å². The monoisotopic (exact) mass is 554 g/mol. The smallest absolute Gasteiger partial charge is 0.338 e. The summed E-state index contributed by atoms with van der Waals surface area (Å²) in [6.45, 7) is 8.76. The molecule has 0 spiro atoms. The van der Waals surface area contributed by atoms with Gasteiger partial charge in [-0.05, 0) is 71.2 Å². The predicted octanol–water partition coefficient (Wildman–Crippen LogP) is 8.64. The van der Waals surface area contributed by atoms with Crippen LogP contribution in [0, 0.1) is 11.8 Å². The fourth-order valence-corrected chi connectivity index (χ4v) is 4.95. The van der Waals surface area contributed by atoms with Crippen molar-refractivity contribution in [3.8, 4) is 22.3 Å². The van der Waals surface area contributed by atoms with Crippen molar-refractivity contribution in [2.75, 3.05) is 13.2 Å². The van der Waals surface area contributed by atoms with E-state index in [1.807, 2.05) is 48.5 Å². The van der Waals surface area contributed by atoms with Gasteiger partial charge in [-0.1, -0.05) is 76.2 Å². The molecular weight excluding hydrogens is 519 g/mol. The van der Waals surface area contributed by atoms with E-state index in [4.69, 9.17) is 32.7 Å². The van der Waals surface area contributed by atoms with Gasteiger partial charge in [-0.2, -0.15) is 0 Å². The Labute approximate surface area is 236 Å². The van der Waals surface area contributed by atoms with Crippen LogP contribution in [0.15, 0.2) is 72.8 Å². The Morgan fingerprint density at radius 1 is 0.553 bits per heavy atom. The highest BCUT2D eigenvalue weighted by Crippen LogP contribution is 2.26. The highest BCUT2D eigenvalue weighted by Gasteiger charge is 2.14. The summed E-state index contributed by atoms with van der Waals surface area (Å²) >= 11 is 12.5. The lowest BCUT2D eigenvalue weighted by Crippen LogP contribution is -2.16. The van der Waals surface area contributed by atoms with Crippen LogP contribution < -0.4 is 0 Å². The van der Waals surface area contributed by atoms with E-state index in [1.54, 1.807) is 24.3 Å². The molecule has 3 rings (SSSR count). The van der Waals surface area contributed by atoms with E-state index in [9.17, 15) is 9.59 Å². The molecule has 0 aromatic heterocycles. The van der Waals surface area contributed by atoms with Crippen molar-refractivity contribution >= 4 is 35.1 Å². The van der Waals surface area contributed by atoms with Crippen LogP contribution >= 0.6 is 23.2 Å². The summed E-state index contributed by atoms with van der Waals surface area (Å²) in [5.74, 6) is 0.168. The second-order valence-electron chi connectivity index (χ2n) is 10.4. The van der Waals surface area contributed by atoms with E-state index in [2.05, 4.69) is 27.7 Å². The molecule has 0 aliphatic heterocycles. The van der Waals surface area contributed by atoms with E-state index >= 15 is 0 Å². The molecule has 38 heavy (non-hydrogen) atoms. The van der Waals surface area contributed by atoms with Crippen LogP contribution in [0.5, 0.6) is 0 Å². The maximum absolute atomic E-state index is 12.3. The molecular formula is C32H36Cl2O4. The highest BCUT2D eigenvalue weighted by molar-refractivity contribution is 6.21. The Kier molecular flexibility index (Phi) is 11.2.